The number of hydrogen-bond donors (Lipinski definition) is 1. The lowest BCUT2D eigenvalue weighted by Crippen LogP contribution is -2.30. The first-order chi connectivity index (χ1) is 8.69. The maximum Gasteiger partial charge on any atom is 0.270 e. The summed E-state index contributed by atoms with van der Waals surface area (Å²) in [5.41, 5.74) is 2.05. The number of H-pyrrole nitrogens is 1. The molecule has 2 aromatic rings. The Morgan fingerprint density at radius 2 is 2.06 bits per heavy atom. The quantitative estimate of drug-likeness (QED) is 0.897. The van der Waals surface area contributed by atoms with Crippen LogP contribution in [0.2, 0.25) is 0 Å². The monoisotopic (exact) mass is 241 g/mol. The average Bonchev–Trinajstić information content (AvgIpc) is 2.82. The molecule has 0 aliphatic heterocycles. The first kappa shape index (κ1) is 12.2. The number of nitrogens with zero attached hydrogens (tertiary/aromatic N) is 2. The molecule has 0 unspecified atom stereocenters. The van der Waals surface area contributed by atoms with E-state index in [1.807, 2.05) is 19.9 Å². The highest BCUT2D eigenvalue weighted by Gasteiger charge is 2.14. The molecule has 18 heavy (non-hydrogen) atoms. The molecule has 0 aliphatic rings. The van der Waals surface area contributed by atoms with Crippen molar-refractivity contribution >= 4 is 16.8 Å². The van der Waals surface area contributed by atoms with Crippen molar-refractivity contribution in [3.63, 3.8) is 0 Å². The highest BCUT2D eigenvalue weighted by atomic mass is 16.2. The van der Waals surface area contributed by atoms with E-state index in [9.17, 15) is 4.79 Å². The summed E-state index contributed by atoms with van der Waals surface area (Å²) in [5.74, 6) is -0.00490. The van der Waals surface area contributed by atoms with Gasteiger partial charge in [-0.25, -0.2) is 0 Å². The Morgan fingerprint density at radius 1 is 1.33 bits per heavy atom. The number of rotatable bonds is 3. The number of benzene rings is 1. The summed E-state index contributed by atoms with van der Waals surface area (Å²) < 4.78 is 0. The van der Waals surface area contributed by atoms with Crippen LogP contribution in [0.25, 0.3) is 10.9 Å². The van der Waals surface area contributed by atoms with Gasteiger partial charge < -0.3 is 9.88 Å². The van der Waals surface area contributed by atoms with Gasteiger partial charge in [0, 0.05) is 24.0 Å². The van der Waals surface area contributed by atoms with Crippen molar-refractivity contribution in [3.8, 4) is 6.07 Å². The number of nitriles is 1. The molecular formula is C14H15N3O. The van der Waals surface area contributed by atoms with Crippen LogP contribution in [0.4, 0.5) is 0 Å². The second-order valence-corrected chi connectivity index (χ2v) is 4.07. The molecule has 4 nitrogen and oxygen atoms in total. The number of hydrogen-bond acceptors (Lipinski definition) is 2. The van der Waals surface area contributed by atoms with E-state index in [-0.39, 0.29) is 5.91 Å². The van der Waals surface area contributed by atoms with Crippen LogP contribution < -0.4 is 0 Å². The molecule has 1 aromatic carbocycles. The van der Waals surface area contributed by atoms with E-state index in [4.69, 9.17) is 5.26 Å². The average molecular weight is 241 g/mol. The summed E-state index contributed by atoms with van der Waals surface area (Å²) in [6.45, 7) is 5.29. The number of aromatic nitrogens is 1. The van der Waals surface area contributed by atoms with Crippen molar-refractivity contribution in [2.24, 2.45) is 0 Å². The maximum absolute atomic E-state index is 12.2. The highest BCUT2D eigenvalue weighted by Crippen LogP contribution is 2.18. The number of amides is 1. The topological polar surface area (TPSA) is 59.9 Å². The third-order valence-electron chi connectivity index (χ3n) is 3.03. The summed E-state index contributed by atoms with van der Waals surface area (Å²) in [4.78, 5) is 17.0. The fourth-order valence-corrected chi connectivity index (χ4v) is 2.00. The van der Waals surface area contributed by atoms with Gasteiger partial charge >= 0.3 is 0 Å². The Morgan fingerprint density at radius 3 is 2.67 bits per heavy atom. The van der Waals surface area contributed by atoms with Gasteiger partial charge in [0.2, 0.25) is 0 Å². The summed E-state index contributed by atoms with van der Waals surface area (Å²) >= 11 is 0. The molecule has 2 rings (SSSR count). The van der Waals surface area contributed by atoms with Gasteiger partial charge in [-0.15, -0.1) is 0 Å². The molecule has 0 radical (unpaired) electrons. The van der Waals surface area contributed by atoms with E-state index in [2.05, 4.69) is 11.1 Å². The van der Waals surface area contributed by atoms with E-state index in [1.54, 1.807) is 23.1 Å². The molecule has 0 spiro atoms. The third kappa shape index (κ3) is 2.07. The van der Waals surface area contributed by atoms with E-state index in [1.165, 1.54) is 0 Å². The van der Waals surface area contributed by atoms with Crippen molar-refractivity contribution < 1.29 is 4.79 Å². The SMILES string of the molecule is CCN(CC)C(=O)c1cc2cc(C#N)ccc2[nH]1. The van der Waals surface area contributed by atoms with Gasteiger partial charge in [-0.2, -0.15) is 5.26 Å². The van der Waals surface area contributed by atoms with Crippen LogP contribution in [-0.2, 0) is 0 Å². The Labute approximate surface area is 106 Å². The smallest absolute Gasteiger partial charge is 0.270 e. The molecule has 1 N–H and O–H groups in total. The zero-order valence-corrected chi connectivity index (χ0v) is 10.5. The molecule has 0 saturated heterocycles. The number of carbonyl (C=O) groups excluding carboxylic acids is 1. The van der Waals surface area contributed by atoms with Gasteiger partial charge in [0.05, 0.1) is 11.6 Å². The fraction of sp³-hybridized carbons (Fsp3) is 0.286. The van der Waals surface area contributed by atoms with Crippen LogP contribution in [0.5, 0.6) is 0 Å². The number of nitrogens with one attached hydrogen (secondary N) is 1. The van der Waals surface area contributed by atoms with Gasteiger partial charge in [0.1, 0.15) is 5.69 Å². The lowest BCUT2D eigenvalue weighted by Gasteiger charge is -2.17. The highest BCUT2D eigenvalue weighted by molar-refractivity contribution is 5.98. The van der Waals surface area contributed by atoms with Crippen LogP contribution in [0, 0.1) is 11.3 Å². The van der Waals surface area contributed by atoms with Gasteiger partial charge in [-0.05, 0) is 38.1 Å². The number of aromatic amines is 1. The molecule has 1 heterocycles. The minimum Gasteiger partial charge on any atom is -0.351 e. The van der Waals surface area contributed by atoms with Crippen molar-refractivity contribution in [1.82, 2.24) is 9.88 Å². The fourth-order valence-electron chi connectivity index (χ4n) is 2.00. The molecule has 0 atom stereocenters. The summed E-state index contributed by atoms with van der Waals surface area (Å²) in [7, 11) is 0. The van der Waals surface area contributed by atoms with Crippen LogP contribution in [0.3, 0.4) is 0 Å². The lowest BCUT2D eigenvalue weighted by molar-refractivity contribution is 0.0768. The molecule has 1 aromatic heterocycles. The van der Waals surface area contributed by atoms with Gasteiger partial charge in [-0.3, -0.25) is 4.79 Å². The Hall–Kier alpha value is -2.28. The van der Waals surface area contributed by atoms with E-state index < -0.39 is 0 Å². The molecule has 1 amide bonds. The standard InChI is InChI=1S/C14H15N3O/c1-3-17(4-2)14(18)13-8-11-7-10(9-15)5-6-12(11)16-13/h5-8,16H,3-4H2,1-2H3. The summed E-state index contributed by atoms with van der Waals surface area (Å²) in [6, 6.07) is 9.25. The number of carbonyl (C=O) groups is 1. The molecular weight excluding hydrogens is 226 g/mol. The molecule has 0 bridgehead atoms. The third-order valence-corrected chi connectivity index (χ3v) is 3.03. The zero-order valence-electron chi connectivity index (χ0n) is 10.5. The van der Waals surface area contributed by atoms with E-state index in [0.29, 0.717) is 24.3 Å². The van der Waals surface area contributed by atoms with Crippen LogP contribution >= 0.6 is 0 Å². The Bertz CT molecular complexity index is 617. The van der Waals surface area contributed by atoms with Crippen LogP contribution in [0.1, 0.15) is 29.9 Å². The minimum atomic E-state index is -0.00490. The number of fused-ring (bicyclic) bond motifs is 1. The van der Waals surface area contributed by atoms with Gasteiger partial charge in [0.15, 0.2) is 0 Å². The molecule has 0 aliphatic carbocycles. The summed E-state index contributed by atoms with van der Waals surface area (Å²) in [6.07, 6.45) is 0. The lowest BCUT2D eigenvalue weighted by atomic mass is 10.2. The van der Waals surface area contributed by atoms with Crippen molar-refractivity contribution in [2.45, 2.75) is 13.8 Å². The van der Waals surface area contributed by atoms with Crippen LogP contribution in [-0.4, -0.2) is 28.9 Å². The van der Waals surface area contributed by atoms with Crippen molar-refractivity contribution in [3.05, 3.63) is 35.5 Å². The van der Waals surface area contributed by atoms with Gasteiger partial charge in [0.25, 0.3) is 5.91 Å². The summed E-state index contributed by atoms with van der Waals surface area (Å²) in [5, 5.41) is 9.74. The van der Waals surface area contributed by atoms with Crippen LogP contribution in [0.15, 0.2) is 24.3 Å². The largest absolute Gasteiger partial charge is 0.351 e. The molecule has 92 valence electrons. The molecule has 4 heteroatoms. The zero-order chi connectivity index (χ0) is 13.1. The van der Waals surface area contributed by atoms with E-state index in [0.717, 1.165) is 10.9 Å². The maximum atomic E-state index is 12.2. The second-order valence-electron chi connectivity index (χ2n) is 4.07. The first-order valence-corrected chi connectivity index (χ1v) is 6.01. The van der Waals surface area contributed by atoms with E-state index >= 15 is 0 Å². The minimum absolute atomic E-state index is 0.00490. The molecule has 0 fully saturated rings. The normalized spacial score (nSPS) is 10.3. The Kier molecular flexibility index (Phi) is 3.33. The first-order valence-electron chi connectivity index (χ1n) is 6.01. The molecule has 0 saturated carbocycles. The predicted molar refractivity (Wildman–Crippen MR) is 70.3 cm³/mol. The second kappa shape index (κ2) is 4.92. The Balaban J connectivity index is 2.41. The van der Waals surface area contributed by atoms with Gasteiger partial charge in [-0.1, -0.05) is 0 Å². The van der Waals surface area contributed by atoms with Crippen molar-refractivity contribution in [2.75, 3.05) is 13.1 Å². The predicted octanol–water partition coefficient (Wildman–Crippen LogP) is 2.52. The van der Waals surface area contributed by atoms with Crippen molar-refractivity contribution in [1.29, 1.82) is 5.26 Å².